The number of nitrogens with one attached hydrogen (secondary N) is 1. The second kappa shape index (κ2) is 7.37. The quantitative estimate of drug-likeness (QED) is 0.744. The van der Waals surface area contributed by atoms with Crippen LogP contribution < -0.4 is 10.1 Å². The molecule has 1 amide bonds. The molecule has 0 aliphatic carbocycles. The Kier molecular flexibility index (Phi) is 5.68. The molecule has 2 atom stereocenters. The fourth-order valence-electron chi connectivity index (χ4n) is 2.42. The zero-order valence-electron chi connectivity index (χ0n) is 13.9. The highest BCUT2D eigenvalue weighted by atomic mass is 32.2. The topological polar surface area (TPSA) is 105 Å². The van der Waals surface area contributed by atoms with Gasteiger partial charge in [-0.05, 0) is 18.2 Å². The van der Waals surface area contributed by atoms with Crippen LogP contribution in [0.4, 0.5) is 0 Å². The van der Waals surface area contributed by atoms with Crippen LogP contribution in [0.2, 0.25) is 0 Å². The van der Waals surface area contributed by atoms with Crippen molar-refractivity contribution < 1.29 is 27.8 Å². The highest BCUT2D eigenvalue weighted by Crippen LogP contribution is 2.26. The predicted octanol–water partition coefficient (Wildman–Crippen LogP) is 0.0370. The van der Waals surface area contributed by atoms with E-state index in [1.165, 1.54) is 39.4 Å². The normalized spacial score (nSPS) is 21.0. The van der Waals surface area contributed by atoms with Crippen molar-refractivity contribution in [2.45, 2.75) is 6.04 Å². The van der Waals surface area contributed by atoms with E-state index in [1.807, 2.05) is 0 Å². The summed E-state index contributed by atoms with van der Waals surface area (Å²) < 4.78 is 35.4. The molecule has 0 bridgehead atoms. The lowest BCUT2D eigenvalue weighted by Gasteiger charge is -2.21. The molecule has 1 saturated heterocycles. The van der Waals surface area contributed by atoms with E-state index < -0.39 is 22.0 Å². The second-order valence-corrected chi connectivity index (χ2v) is 8.05. The standard InChI is InChI=1S/C15H22N2O6S/c1-17(2)24(20,21)9-11-7-23-8-12(11)16-15(19)10-4-5-14(22-3)13(18)6-10/h4-6,11-12,18H,7-9H2,1-3H3,(H,16,19)/t11-,12+/m0/s1. The van der Waals surface area contributed by atoms with Crippen molar-refractivity contribution in [3.63, 3.8) is 0 Å². The van der Waals surface area contributed by atoms with Crippen LogP contribution in [-0.2, 0) is 14.8 Å². The maximum Gasteiger partial charge on any atom is 0.251 e. The zero-order valence-corrected chi connectivity index (χ0v) is 14.7. The third-order valence-electron chi connectivity index (χ3n) is 3.94. The summed E-state index contributed by atoms with van der Waals surface area (Å²) >= 11 is 0. The zero-order chi connectivity index (χ0) is 17.9. The van der Waals surface area contributed by atoms with Crippen LogP contribution in [0.15, 0.2) is 18.2 Å². The molecular weight excluding hydrogens is 336 g/mol. The molecule has 1 fully saturated rings. The van der Waals surface area contributed by atoms with E-state index >= 15 is 0 Å². The van der Waals surface area contributed by atoms with E-state index in [4.69, 9.17) is 9.47 Å². The van der Waals surface area contributed by atoms with Crippen molar-refractivity contribution in [3.8, 4) is 11.5 Å². The average Bonchev–Trinajstić information content (AvgIpc) is 2.93. The first-order chi connectivity index (χ1) is 11.2. The number of rotatable bonds is 6. The number of amides is 1. The van der Waals surface area contributed by atoms with Crippen molar-refractivity contribution >= 4 is 15.9 Å². The van der Waals surface area contributed by atoms with Gasteiger partial charge in [-0.1, -0.05) is 0 Å². The molecule has 0 radical (unpaired) electrons. The third kappa shape index (κ3) is 4.16. The van der Waals surface area contributed by atoms with Crippen molar-refractivity contribution in [1.82, 2.24) is 9.62 Å². The Hall–Kier alpha value is -1.84. The van der Waals surface area contributed by atoms with Gasteiger partial charge >= 0.3 is 0 Å². The molecule has 0 aromatic heterocycles. The van der Waals surface area contributed by atoms with Gasteiger partial charge in [0.15, 0.2) is 11.5 Å². The summed E-state index contributed by atoms with van der Waals surface area (Å²) in [4.78, 5) is 12.3. The van der Waals surface area contributed by atoms with Gasteiger partial charge < -0.3 is 19.9 Å². The number of ether oxygens (including phenoxy) is 2. The number of phenolic OH excluding ortho intramolecular Hbond substituents is 1. The predicted molar refractivity (Wildman–Crippen MR) is 87.7 cm³/mol. The second-order valence-electron chi connectivity index (χ2n) is 5.83. The summed E-state index contributed by atoms with van der Waals surface area (Å²) in [5.74, 6) is -0.701. The minimum absolute atomic E-state index is 0.0984. The van der Waals surface area contributed by atoms with Crippen LogP contribution in [0.3, 0.4) is 0 Å². The largest absolute Gasteiger partial charge is 0.504 e. The summed E-state index contributed by atoms with van der Waals surface area (Å²) in [6.07, 6.45) is 0. The molecule has 2 N–H and O–H groups in total. The SMILES string of the molecule is COc1ccc(C(=O)N[C@@H]2COC[C@H]2CS(=O)(=O)N(C)C)cc1O. The van der Waals surface area contributed by atoms with E-state index in [1.54, 1.807) is 0 Å². The first kappa shape index (κ1) is 18.5. The van der Waals surface area contributed by atoms with Crippen molar-refractivity contribution in [1.29, 1.82) is 0 Å². The molecule has 2 rings (SSSR count). The highest BCUT2D eigenvalue weighted by molar-refractivity contribution is 7.89. The van der Waals surface area contributed by atoms with E-state index in [-0.39, 0.29) is 41.9 Å². The summed E-state index contributed by atoms with van der Waals surface area (Å²) in [7, 11) is 0.974. The molecule has 1 aromatic rings. The Balaban J connectivity index is 2.06. The smallest absolute Gasteiger partial charge is 0.251 e. The summed E-state index contributed by atoms with van der Waals surface area (Å²) in [5.41, 5.74) is 0.259. The minimum Gasteiger partial charge on any atom is -0.504 e. The molecule has 1 aliphatic heterocycles. The monoisotopic (exact) mass is 358 g/mol. The first-order valence-corrected chi connectivity index (χ1v) is 9.01. The Morgan fingerprint density at radius 2 is 2.12 bits per heavy atom. The molecule has 9 heteroatoms. The van der Waals surface area contributed by atoms with Crippen LogP contribution in [0, 0.1) is 5.92 Å². The van der Waals surface area contributed by atoms with Gasteiger partial charge in [0, 0.05) is 25.6 Å². The molecule has 1 aromatic carbocycles. The Morgan fingerprint density at radius 3 is 2.71 bits per heavy atom. The number of benzene rings is 1. The van der Waals surface area contributed by atoms with Crippen LogP contribution >= 0.6 is 0 Å². The lowest BCUT2D eigenvalue weighted by atomic mass is 10.1. The van der Waals surface area contributed by atoms with E-state index in [2.05, 4.69) is 5.32 Å². The Bertz CT molecular complexity index is 704. The van der Waals surface area contributed by atoms with Gasteiger partial charge in [0.05, 0.1) is 32.1 Å². The van der Waals surface area contributed by atoms with E-state index in [0.717, 1.165) is 4.31 Å². The number of methoxy groups -OCH3 is 1. The molecule has 0 spiro atoms. The fraction of sp³-hybridized carbons (Fsp3) is 0.533. The summed E-state index contributed by atoms with van der Waals surface area (Å²) in [6.45, 7) is 0.521. The summed E-state index contributed by atoms with van der Waals surface area (Å²) in [5, 5.41) is 12.5. The van der Waals surface area contributed by atoms with Gasteiger partial charge in [0.2, 0.25) is 10.0 Å². The van der Waals surface area contributed by atoms with Crippen LogP contribution in [0.25, 0.3) is 0 Å². The van der Waals surface area contributed by atoms with Crippen molar-refractivity contribution in [2.75, 3.05) is 40.2 Å². The molecule has 0 unspecified atom stereocenters. The Labute approximate surface area is 141 Å². The lowest BCUT2D eigenvalue weighted by Crippen LogP contribution is -2.43. The fourth-order valence-corrected chi connectivity index (χ4v) is 3.59. The van der Waals surface area contributed by atoms with Gasteiger partial charge in [-0.2, -0.15) is 0 Å². The molecule has 24 heavy (non-hydrogen) atoms. The van der Waals surface area contributed by atoms with Crippen LogP contribution in [-0.4, -0.2) is 70.0 Å². The highest BCUT2D eigenvalue weighted by Gasteiger charge is 2.34. The lowest BCUT2D eigenvalue weighted by molar-refractivity contribution is 0.0925. The van der Waals surface area contributed by atoms with Crippen molar-refractivity contribution in [2.24, 2.45) is 5.92 Å². The minimum atomic E-state index is -3.39. The number of sulfonamides is 1. The third-order valence-corrected chi connectivity index (χ3v) is 5.90. The van der Waals surface area contributed by atoms with Crippen LogP contribution in [0.1, 0.15) is 10.4 Å². The van der Waals surface area contributed by atoms with Gasteiger partial charge in [0.25, 0.3) is 5.91 Å². The number of hydrogen-bond donors (Lipinski definition) is 2. The van der Waals surface area contributed by atoms with E-state index in [0.29, 0.717) is 0 Å². The maximum atomic E-state index is 12.3. The maximum absolute atomic E-state index is 12.3. The number of carbonyl (C=O) groups excluding carboxylic acids is 1. The molecule has 134 valence electrons. The van der Waals surface area contributed by atoms with E-state index in [9.17, 15) is 18.3 Å². The Morgan fingerprint density at radius 1 is 1.42 bits per heavy atom. The summed E-state index contributed by atoms with van der Waals surface area (Å²) in [6, 6.07) is 3.91. The van der Waals surface area contributed by atoms with Crippen LogP contribution in [0.5, 0.6) is 11.5 Å². The van der Waals surface area contributed by atoms with Gasteiger partial charge in [-0.25, -0.2) is 12.7 Å². The molecule has 0 saturated carbocycles. The number of nitrogens with zero attached hydrogens (tertiary/aromatic N) is 1. The van der Waals surface area contributed by atoms with Crippen molar-refractivity contribution in [3.05, 3.63) is 23.8 Å². The number of carbonyl (C=O) groups is 1. The van der Waals surface area contributed by atoms with Gasteiger partial charge in [-0.15, -0.1) is 0 Å². The molecule has 8 nitrogen and oxygen atoms in total. The number of aromatic hydroxyl groups is 1. The number of phenols is 1. The van der Waals surface area contributed by atoms with Gasteiger partial charge in [0.1, 0.15) is 0 Å². The molecule has 1 aliphatic rings. The first-order valence-electron chi connectivity index (χ1n) is 7.40. The number of hydrogen-bond acceptors (Lipinski definition) is 6. The van der Waals surface area contributed by atoms with Gasteiger partial charge in [-0.3, -0.25) is 4.79 Å². The molecule has 1 heterocycles. The molecular formula is C15H22N2O6S. The average molecular weight is 358 g/mol.